The van der Waals surface area contributed by atoms with Crippen molar-refractivity contribution in [3.8, 4) is 23.7 Å². The van der Waals surface area contributed by atoms with Gasteiger partial charge in [-0.05, 0) is 38.1 Å². The van der Waals surface area contributed by atoms with Gasteiger partial charge in [0.05, 0.1) is 19.2 Å². The van der Waals surface area contributed by atoms with Gasteiger partial charge >= 0.3 is 0 Å². The van der Waals surface area contributed by atoms with Gasteiger partial charge in [0.1, 0.15) is 0 Å². The maximum atomic E-state index is 3.19. The molecule has 1 aromatic carbocycles. The second-order valence-electron chi connectivity index (χ2n) is 5.41. The van der Waals surface area contributed by atoms with Crippen molar-refractivity contribution >= 4 is 84.3 Å². The Kier molecular flexibility index (Phi) is 3.23. The Morgan fingerprint density at radius 2 is 1.08 bits per heavy atom. The van der Waals surface area contributed by atoms with E-state index in [1.807, 2.05) is 59.2 Å². The minimum absolute atomic E-state index is 1.16. The molecular formula is C20H10S4. The van der Waals surface area contributed by atoms with Crippen LogP contribution in [0, 0.1) is 23.7 Å². The molecule has 0 saturated carbocycles. The van der Waals surface area contributed by atoms with Crippen LogP contribution in [0.1, 0.15) is 23.6 Å². The Balaban J connectivity index is 1.85. The maximum Gasteiger partial charge on any atom is 0.0789 e. The van der Waals surface area contributed by atoms with E-state index < -0.39 is 0 Å². The maximum absolute atomic E-state index is 3.19. The second kappa shape index (κ2) is 5.34. The highest BCUT2D eigenvalue weighted by Crippen LogP contribution is 2.45. The quantitative estimate of drug-likeness (QED) is 0.248. The lowest BCUT2D eigenvalue weighted by molar-refractivity contribution is 1.89. The molecule has 24 heavy (non-hydrogen) atoms. The minimum atomic E-state index is 1.16. The summed E-state index contributed by atoms with van der Waals surface area (Å²) in [6.07, 6.45) is 0. The SMILES string of the molecule is CC#Cc1cc2sc3cc4sc5cc(C#CC)sc5c4cc3c2s1. The summed E-state index contributed by atoms with van der Waals surface area (Å²) in [5.41, 5.74) is 0. The van der Waals surface area contributed by atoms with Gasteiger partial charge in [-0.2, -0.15) is 0 Å². The van der Waals surface area contributed by atoms with Crippen LogP contribution in [0.15, 0.2) is 24.3 Å². The smallest absolute Gasteiger partial charge is 0.0789 e. The monoisotopic (exact) mass is 378 g/mol. The molecule has 0 bridgehead atoms. The number of thiophene rings is 4. The van der Waals surface area contributed by atoms with E-state index in [1.54, 1.807) is 0 Å². The summed E-state index contributed by atoms with van der Waals surface area (Å²) in [7, 11) is 0. The van der Waals surface area contributed by atoms with E-state index in [4.69, 9.17) is 0 Å². The standard InChI is InChI=1S/C20H10S4/c1-3-5-11-7-17-19(21-11)13-9-14-16(10-15(13)23-17)24-18-8-12(6-4-2)22-20(14)18/h7-10H,1-2H3. The van der Waals surface area contributed by atoms with Gasteiger partial charge in [-0.1, -0.05) is 11.8 Å². The topological polar surface area (TPSA) is 0 Å². The van der Waals surface area contributed by atoms with Gasteiger partial charge < -0.3 is 0 Å². The fourth-order valence-electron chi connectivity index (χ4n) is 2.97. The molecule has 0 spiro atoms. The predicted octanol–water partition coefficient (Wildman–Crippen LogP) is 7.29. The first-order chi connectivity index (χ1) is 11.8. The van der Waals surface area contributed by atoms with Gasteiger partial charge in [-0.3, -0.25) is 0 Å². The van der Waals surface area contributed by atoms with Crippen molar-refractivity contribution in [3.63, 3.8) is 0 Å². The zero-order valence-corrected chi connectivity index (χ0v) is 16.2. The van der Waals surface area contributed by atoms with Gasteiger partial charge in [-0.15, -0.1) is 57.2 Å². The Morgan fingerprint density at radius 1 is 0.583 bits per heavy atom. The van der Waals surface area contributed by atoms with E-state index in [-0.39, 0.29) is 0 Å². The number of benzene rings is 1. The molecule has 0 amide bonds. The lowest BCUT2D eigenvalue weighted by Crippen LogP contribution is -1.65. The highest BCUT2D eigenvalue weighted by atomic mass is 32.1. The van der Waals surface area contributed by atoms with Gasteiger partial charge in [0.2, 0.25) is 0 Å². The number of fused-ring (bicyclic) bond motifs is 6. The van der Waals surface area contributed by atoms with Crippen molar-refractivity contribution in [2.45, 2.75) is 13.8 Å². The third kappa shape index (κ3) is 2.05. The van der Waals surface area contributed by atoms with Gasteiger partial charge in [0, 0.05) is 29.6 Å². The molecule has 0 aliphatic carbocycles. The van der Waals surface area contributed by atoms with Crippen LogP contribution in [-0.4, -0.2) is 0 Å². The van der Waals surface area contributed by atoms with Crippen LogP contribution in [0.5, 0.6) is 0 Å². The normalized spacial score (nSPS) is 11.1. The second-order valence-corrected chi connectivity index (χ2v) is 9.68. The van der Waals surface area contributed by atoms with Crippen molar-refractivity contribution < 1.29 is 0 Å². The molecule has 0 radical (unpaired) electrons. The molecule has 0 nitrogen and oxygen atoms in total. The Bertz CT molecular complexity index is 1270. The van der Waals surface area contributed by atoms with Crippen molar-refractivity contribution in [1.29, 1.82) is 0 Å². The number of hydrogen-bond acceptors (Lipinski definition) is 4. The molecule has 114 valence electrons. The van der Waals surface area contributed by atoms with Gasteiger partial charge in [0.15, 0.2) is 0 Å². The third-order valence-corrected chi connectivity index (χ3v) is 8.53. The van der Waals surface area contributed by atoms with Crippen molar-refractivity contribution in [2.24, 2.45) is 0 Å². The first-order valence-corrected chi connectivity index (χ1v) is 10.7. The molecule has 0 fully saturated rings. The molecule has 4 aromatic heterocycles. The molecule has 4 heterocycles. The fraction of sp³-hybridized carbons (Fsp3) is 0.100. The lowest BCUT2D eigenvalue weighted by Gasteiger charge is -1.92. The summed E-state index contributed by atoms with van der Waals surface area (Å²) < 4.78 is 8.21. The molecule has 0 aliphatic heterocycles. The van der Waals surface area contributed by atoms with E-state index in [1.165, 1.54) is 39.0 Å². The molecule has 0 aliphatic rings. The largest absolute Gasteiger partial charge is 0.134 e. The summed E-state index contributed by atoms with van der Waals surface area (Å²) in [4.78, 5) is 2.32. The molecule has 0 N–H and O–H groups in total. The van der Waals surface area contributed by atoms with Crippen molar-refractivity contribution in [3.05, 3.63) is 34.0 Å². The molecule has 0 saturated heterocycles. The van der Waals surface area contributed by atoms with Crippen molar-refractivity contribution in [1.82, 2.24) is 0 Å². The number of hydrogen-bond donors (Lipinski definition) is 0. The van der Waals surface area contributed by atoms with Crippen LogP contribution < -0.4 is 0 Å². The number of rotatable bonds is 0. The van der Waals surface area contributed by atoms with Crippen LogP contribution in [0.2, 0.25) is 0 Å². The van der Waals surface area contributed by atoms with E-state index in [2.05, 4.69) is 47.9 Å². The van der Waals surface area contributed by atoms with E-state index >= 15 is 0 Å². The Hall–Kier alpha value is -1.82. The van der Waals surface area contributed by atoms with E-state index in [9.17, 15) is 0 Å². The summed E-state index contributed by atoms with van der Waals surface area (Å²) in [5, 5.41) is 2.74. The summed E-state index contributed by atoms with van der Waals surface area (Å²) in [5.74, 6) is 12.4. The highest BCUT2D eigenvalue weighted by Gasteiger charge is 2.14. The lowest BCUT2D eigenvalue weighted by atomic mass is 10.2. The molecule has 0 unspecified atom stereocenters. The van der Waals surface area contributed by atoms with Crippen molar-refractivity contribution in [2.75, 3.05) is 0 Å². The van der Waals surface area contributed by atoms with E-state index in [0.717, 1.165) is 9.75 Å². The summed E-state index contributed by atoms with van der Waals surface area (Å²) in [6.45, 7) is 3.79. The Morgan fingerprint density at radius 3 is 1.54 bits per heavy atom. The first kappa shape index (κ1) is 14.5. The predicted molar refractivity (Wildman–Crippen MR) is 113 cm³/mol. The Labute approximate surface area is 155 Å². The third-order valence-electron chi connectivity index (χ3n) is 3.90. The molecular weight excluding hydrogens is 368 g/mol. The van der Waals surface area contributed by atoms with Gasteiger partial charge in [0.25, 0.3) is 0 Å². The van der Waals surface area contributed by atoms with Gasteiger partial charge in [-0.25, -0.2) is 0 Å². The van der Waals surface area contributed by atoms with Crippen LogP contribution in [-0.2, 0) is 0 Å². The zero-order chi connectivity index (χ0) is 16.3. The summed E-state index contributed by atoms with van der Waals surface area (Å²) >= 11 is 7.37. The minimum Gasteiger partial charge on any atom is -0.134 e. The molecule has 5 aromatic rings. The molecule has 4 heteroatoms. The van der Waals surface area contributed by atoms with Crippen LogP contribution >= 0.6 is 45.3 Å². The van der Waals surface area contributed by atoms with E-state index in [0.29, 0.717) is 0 Å². The average molecular weight is 379 g/mol. The van der Waals surface area contributed by atoms with Crippen LogP contribution in [0.25, 0.3) is 39.0 Å². The fourth-order valence-corrected chi connectivity index (χ4v) is 7.92. The average Bonchev–Trinajstić information content (AvgIpc) is 3.25. The highest BCUT2D eigenvalue weighted by molar-refractivity contribution is 7.34. The zero-order valence-electron chi connectivity index (χ0n) is 12.9. The molecule has 0 atom stereocenters. The summed E-state index contributed by atoms with van der Waals surface area (Å²) in [6, 6.07) is 9.19. The van der Waals surface area contributed by atoms with Crippen LogP contribution in [0.4, 0.5) is 0 Å². The molecule has 5 rings (SSSR count). The first-order valence-electron chi connectivity index (χ1n) is 7.44. The van der Waals surface area contributed by atoms with Crippen LogP contribution in [0.3, 0.4) is 0 Å².